The van der Waals surface area contributed by atoms with Crippen molar-refractivity contribution in [1.29, 1.82) is 0 Å². The Labute approximate surface area is 337 Å². The van der Waals surface area contributed by atoms with Gasteiger partial charge in [-0.1, -0.05) is 94.1 Å². The molecular weight excluding hydrogens is 728 g/mol. The second-order valence-electron chi connectivity index (χ2n) is 17.2. The Hall–Kier alpha value is -3.81. The van der Waals surface area contributed by atoms with E-state index >= 15 is 0 Å². The van der Waals surface area contributed by atoms with Gasteiger partial charge in [0.1, 0.15) is 41.2 Å². The van der Waals surface area contributed by atoms with Crippen molar-refractivity contribution in [2.75, 3.05) is 6.61 Å². The van der Waals surface area contributed by atoms with Crippen molar-refractivity contribution in [2.45, 2.75) is 166 Å². The molecule has 1 amide bonds. The van der Waals surface area contributed by atoms with Gasteiger partial charge in [0, 0.05) is 25.7 Å². The van der Waals surface area contributed by atoms with Crippen molar-refractivity contribution in [3.63, 3.8) is 0 Å². The number of aliphatic hydroxyl groups is 1. The van der Waals surface area contributed by atoms with Crippen LogP contribution >= 0.6 is 0 Å². The van der Waals surface area contributed by atoms with Gasteiger partial charge in [0.15, 0.2) is 11.8 Å². The van der Waals surface area contributed by atoms with Gasteiger partial charge in [-0.3, -0.25) is 19.2 Å². The van der Waals surface area contributed by atoms with Crippen LogP contribution in [0.15, 0.2) is 54.6 Å². The van der Waals surface area contributed by atoms with Gasteiger partial charge in [-0.15, -0.1) is 0 Å². The van der Waals surface area contributed by atoms with Gasteiger partial charge in [0.2, 0.25) is 5.91 Å². The minimum atomic E-state index is -1.43. The minimum absolute atomic E-state index is 0.00703. The SMILES string of the molecule is CCCCCC1(CCCCC)O[C@@H]2[C@H]3ON(Cc4cccc(C=CCc5ccccc5O)c4)[C@H]4C(=O)OC(CC34C(=O)N[C@H](CO)CCC(=O)OC(C)(C)C)[C@@H]2O1. The van der Waals surface area contributed by atoms with E-state index in [1.165, 1.54) is 0 Å². The molecule has 12 heteroatoms. The largest absolute Gasteiger partial charge is 0.508 e. The summed E-state index contributed by atoms with van der Waals surface area (Å²) in [6.45, 7) is 9.43. The highest BCUT2D eigenvalue weighted by atomic mass is 16.8. The van der Waals surface area contributed by atoms with E-state index in [9.17, 15) is 24.6 Å². The molecule has 12 nitrogen and oxygen atoms in total. The standard InChI is InChI=1S/C45H62N2O10/c1-6-8-12-24-44(25-13-9-7-2)55-37-35-27-45(42(52)46-33(29-48)22-23-36(50)54-43(3,4)5)39(41(51)53-35)47(57-40(45)38(37)56-44)28-31-18-14-16-30(26-31)17-15-20-32-19-10-11-21-34(32)49/h10-11,14-19,21,26,33,35,37-40,48-49H,6-9,12-13,20,22-25,27-29H2,1-5H3,(H,46,52)/t33-,35?,37-,38-,39-,40+,45?/m0/s1. The maximum Gasteiger partial charge on any atom is 0.327 e. The molecule has 4 fully saturated rings. The second kappa shape index (κ2) is 18.4. The van der Waals surface area contributed by atoms with E-state index in [1.807, 2.05) is 48.6 Å². The molecule has 4 aliphatic rings. The van der Waals surface area contributed by atoms with Crippen molar-refractivity contribution in [3.05, 3.63) is 71.3 Å². The first-order chi connectivity index (χ1) is 27.3. The molecule has 2 unspecified atom stereocenters. The molecule has 1 saturated carbocycles. The number of amides is 1. The van der Waals surface area contributed by atoms with Gasteiger partial charge >= 0.3 is 11.9 Å². The summed E-state index contributed by atoms with van der Waals surface area (Å²) in [7, 11) is 0. The van der Waals surface area contributed by atoms with Crippen LogP contribution in [0.5, 0.6) is 5.75 Å². The van der Waals surface area contributed by atoms with Crippen molar-refractivity contribution < 1.29 is 48.4 Å². The Kier molecular flexibility index (Phi) is 13.8. The number of benzene rings is 2. The van der Waals surface area contributed by atoms with E-state index in [2.05, 4.69) is 19.2 Å². The van der Waals surface area contributed by atoms with Crippen LogP contribution in [0.25, 0.3) is 6.08 Å². The molecule has 2 aromatic rings. The number of carbonyl (C=O) groups is 3. The highest BCUT2D eigenvalue weighted by molar-refractivity contribution is 5.93. The summed E-state index contributed by atoms with van der Waals surface area (Å²) in [6.07, 6.45) is 9.16. The predicted octanol–water partition coefficient (Wildman–Crippen LogP) is 6.69. The highest BCUT2D eigenvalue weighted by Gasteiger charge is 2.76. The van der Waals surface area contributed by atoms with E-state index in [1.54, 1.807) is 38.0 Å². The van der Waals surface area contributed by atoms with Crippen LogP contribution in [0, 0.1) is 5.41 Å². The topological polar surface area (TPSA) is 153 Å². The van der Waals surface area contributed by atoms with Crippen LogP contribution in [0.2, 0.25) is 0 Å². The van der Waals surface area contributed by atoms with Crippen LogP contribution in [0.1, 0.15) is 122 Å². The Morgan fingerprint density at radius 1 is 1.02 bits per heavy atom. The number of ether oxygens (including phenoxy) is 4. The average Bonchev–Trinajstić information content (AvgIpc) is 3.72. The number of hydroxylamine groups is 2. The third-order valence-corrected chi connectivity index (χ3v) is 11.6. The van der Waals surface area contributed by atoms with Crippen molar-refractivity contribution in [2.24, 2.45) is 5.41 Å². The maximum absolute atomic E-state index is 14.9. The molecule has 2 aromatic carbocycles. The summed E-state index contributed by atoms with van der Waals surface area (Å²) in [5, 5.41) is 25.2. The normalized spacial score (nSPS) is 26.9. The molecule has 2 bridgehead atoms. The number of fused-ring (bicyclic) bond motifs is 4. The number of nitrogens with zero attached hydrogens (tertiary/aromatic N) is 1. The molecule has 3 saturated heterocycles. The maximum atomic E-state index is 14.9. The zero-order chi connectivity index (χ0) is 40.8. The predicted molar refractivity (Wildman–Crippen MR) is 213 cm³/mol. The summed E-state index contributed by atoms with van der Waals surface area (Å²) in [5.74, 6) is -2.12. The average molecular weight is 791 g/mol. The third kappa shape index (κ3) is 9.74. The zero-order valence-electron chi connectivity index (χ0n) is 34.2. The first kappa shape index (κ1) is 42.8. The monoisotopic (exact) mass is 790 g/mol. The Morgan fingerprint density at radius 2 is 1.74 bits per heavy atom. The Morgan fingerprint density at radius 3 is 2.42 bits per heavy atom. The van der Waals surface area contributed by atoms with Gasteiger partial charge in [-0.05, 0) is 69.2 Å². The van der Waals surface area contributed by atoms with Crippen molar-refractivity contribution in [1.82, 2.24) is 10.4 Å². The number of unbranched alkanes of at least 4 members (excludes halogenated alkanes) is 4. The number of esters is 2. The van der Waals surface area contributed by atoms with E-state index < -0.39 is 77.8 Å². The molecule has 7 atom stereocenters. The Bertz CT molecular complexity index is 1730. The van der Waals surface area contributed by atoms with Crippen molar-refractivity contribution >= 4 is 23.9 Å². The van der Waals surface area contributed by atoms with Crippen LogP contribution in [-0.2, 0) is 51.1 Å². The third-order valence-electron chi connectivity index (χ3n) is 11.6. The molecule has 0 radical (unpaired) electrons. The minimum Gasteiger partial charge on any atom is -0.508 e. The van der Waals surface area contributed by atoms with Crippen molar-refractivity contribution in [3.8, 4) is 5.75 Å². The van der Waals surface area contributed by atoms with Gasteiger partial charge in [0.25, 0.3) is 0 Å². The molecule has 312 valence electrons. The molecule has 0 aromatic heterocycles. The second-order valence-corrected chi connectivity index (χ2v) is 17.2. The number of hydrogen-bond donors (Lipinski definition) is 3. The zero-order valence-corrected chi connectivity index (χ0v) is 34.2. The fourth-order valence-corrected chi connectivity index (χ4v) is 8.89. The van der Waals surface area contributed by atoms with E-state index in [0.717, 1.165) is 55.2 Å². The van der Waals surface area contributed by atoms with E-state index in [-0.39, 0.29) is 31.6 Å². The van der Waals surface area contributed by atoms with Gasteiger partial charge in [-0.25, -0.2) is 0 Å². The van der Waals surface area contributed by atoms with Crippen LogP contribution < -0.4 is 5.32 Å². The molecule has 6 rings (SSSR count). The molecule has 3 aliphatic heterocycles. The Balaban J connectivity index is 1.29. The number of aliphatic hydroxyl groups excluding tert-OH is 1. The number of aromatic hydroxyl groups is 1. The molecule has 3 N–H and O–H groups in total. The molecule has 1 aliphatic carbocycles. The lowest BCUT2D eigenvalue weighted by Crippen LogP contribution is -2.70. The van der Waals surface area contributed by atoms with Crippen LogP contribution in [0.4, 0.5) is 0 Å². The highest BCUT2D eigenvalue weighted by Crippen LogP contribution is 2.58. The lowest BCUT2D eigenvalue weighted by Gasteiger charge is -2.49. The number of phenolic OH excluding ortho intramolecular Hbond substituents is 1. The number of nitrogens with one attached hydrogen (secondary N) is 1. The van der Waals surface area contributed by atoms with E-state index in [0.29, 0.717) is 19.3 Å². The number of rotatable bonds is 19. The molecule has 57 heavy (non-hydrogen) atoms. The van der Waals surface area contributed by atoms with Gasteiger partial charge in [-0.2, -0.15) is 5.06 Å². The van der Waals surface area contributed by atoms with Gasteiger partial charge in [0.05, 0.1) is 19.2 Å². The number of hydrogen-bond acceptors (Lipinski definition) is 11. The first-order valence-electron chi connectivity index (χ1n) is 21.0. The van der Waals surface area contributed by atoms with Crippen LogP contribution in [-0.4, -0.2) is 87.6 Å². The lowest BCUT2D eigenvalue weighted by molar-refractivity contribution is -0.224. The summed E-state index contributed by atoms with van der Waals surface area (Å²) >= 11 is 0. The number of phenols is 1. The summed E-state index contributed by atoms with van der Waals surface area (Å²) in [5.41, 5.74) is 0.494. The van der Waals surface area contributed by atoms with Crippen LogP contribution in [0.3, 0.4) is 0 Å². The quantitative estimate of drug-likeness (QED) is 0.103. The lowest BCUT2D eigenvalue weighted by atomic mass is 9.62. The fourth-order valence-electron chi connectivity index (χ4n) is 8.89. The smallest absolute Gasteiger partial charge is 0.327 e. The van der Waals surface area contributed by atoms with E-state index in [4.69, 9.17) is 23.8 Å². The number of para-hydroxylation sites is 1. The van der Waals surface area contributed by atoms with Gasteiger partial charge < -0.3 is 34.5 Å². The fraction of sp³-hybridized carbons (Fsp3) is 0.622. The summed E-state index contributed by atoms with van der Waals surface area (Å²) < 4.78 is 25.5. The number of carbonyl (C=O) groups excluding carboxylic acids is 3. The summed E-state index contributed by atoms with van der Waals surface area (Å²) in [4.78, 5) is 48.5. The molecule has 0 spiro atoms. The number of allylic oxidation sites excluding steroid dienone is 1. The summed E-state index contributed by atoms with van der Waals surface area (Å²) in [6, 6.07) is 13.2. The molecule has 3 heterocycles. The first-order valence-corrected chi connectivity index (χ1v) is 21.0. The molecular formula is C45H62N2O10.